The fraction of sp³-hybridized carbons (Fsp3) is 0.818. The van der Waals surface area contributed by atoms with Crippen molar-refractivity contribution in [2.24, 2.45) is 0 Å². The molecule has 0 radical (unpaired) electrons. The molecule has 0 aliphatic rings. The van der Waals surface area contributed by atoms with E-state index in [4.69, 9.17) is 10.00 Å². The molecule has 0 fully saturated rings. The fourth-order valence-corrected chi connectivity index (χ4v) is 20.5. The average molecular weight is 470 g/mol. The summed E-state index contributed by atoms with van der Waals surface area (Å²) in [7, 11) is 0. The third kappa shape index (κ3) is 8.93. The van der Waals surface area contributed by atoms with Crippen LogP contribution in [0.2, 0.25) is 13.3 Å². The second-order valence-electron chi connectivity index (χ2n) is 7.43. The molecule has 0 saturated heterocycles. The van der Waals surface area contributed by atoms with Crippen molar-refractivity contribution in [1.29, 1.82) is 5.26 Å². The SMILES string of the molecule is CCC[CH2][Sn]([CH2]CCC)([CH2]CCC)/[C](C)=C(/CCCC#N)C(=O)OCC. The predicted octanol–water partition coefficient (Wildman–Crippen LogP) is 6.95. The topological polar surface area (TPSA) is 50.1 Å². The van der Waals surface area contributed by atoms with Crippen LogP contribution >= 0.6 is 0 Å². The van der Waals surface area contributed by atoms with E-state index >= 15 is 0 Å². The summed E-state index contributed by atoms with van der Waals surface area (Å²) in [6.07, 6.45) is 9.53. The van der Waals surface area contributed by atoms with E-state index in [9.17, 15) is 4.79 Å². The van der Waals surface area contributed by atoms with E-state index in [1.807, 2.05) is 6.92 Å². The van der Waals surface area contributed by atoms with Crippen molar-refractivity contribution in [1.82, 2.24) is 0 Å². The third-order valence-electron chi connectivity index (χ3n) is 5.51. The molecule has 0 aliphatic carbocycles. The van der Waals surface area contributed by atoms with Gasteiger partial charge in [0.05, 0.1) is 0 Å². The van der Waals surface area contributed by atoms with E-state index in [2.05, 4.69) is 33.8 Å². The Hall–Kier alpha value is -0.501. The maximum absolute atomic E-state index is 12.7. The van der Waals surface area contributed by atoms with Crippen LogP contribution in [0.4, 0.5) is 0 Å². The van der Waals surface area contributed by atoms with Gasteiger partial charge in [-0.15, -0.1) is 0 Å². The van der Waals surface area contributed by atoms with Crippen molar-refractivity contribution in [3.8, 4) is 6.07 Å². The van der Waals surface area contributed by atoms with Gasteiger partial charge in [-0.2, -0.15) is 0 Å². The van der Waals surface area contributed by atoms with Crippen LogP contribution in [0.5, 0.6) is 0 Å². The molecule has 0 N–H and O–H groups in total. The van der Waals surface area contributed by atoms with Gasteiger partial charge < -0.3 is 0 Å². The van der Waals surface area contributed by atoms with Crippen molar-refractivity contribution >= 4 is 24.3 Å². The first kappa shape index (κ1) is 25.5. The average Bonchev–Trinajstić information content (AvgIpc) is 2.64. The molecule has 0 unspecified atom stereocenters. The number of hydrogen-bond acceptors (Lipinski definition) is 3. The van der Waals surface area contributed by atoms with Crippen LogP contribution in [0, 0.1) is 11.3 Å². The number of rotatable bonds is 15. The molecule has 0 aliphatic heterocycles. The number of allylic oxidation sites excluding steroid dienone is 1. The zero-order chi connectivity index (χ0) is 19.8. The van der Waals surface area contributed by atoms with Gasteiger partial charge in [0, 0.05) is 0 Å². The summed E-state index contributed by atoms with van der Waals surface area (Å²) >= 11 is -2.60. The molecule has 4 heteroatoms. The van der Waals surface area contributed by atoms with Crippen LogP contribution in [0.1, 0.15) is 92.4 Å². The first-order chi connectivity index (χ1) is 12.5. The number of nitriles is 1. The molecule has 150 valence electrons. The molecule has 0 rings (SSSR count). The predicted molar refractivity (Wildman–Crippen MR) is 114 cm³/mol. The molecule has 3 nitrogen and oxygen atoms in total. The van der Waals surface area contributed by atoms with Gasteiger partial charge in [-0.05, 0) is 0 Å². The standard InChI is InChI=1S/C10H14NO2.3C4H9.Sn/c1-3-9(7-5-6-8-11)10(12)13-4-2;3*1-3-4-2;/h4-7H2,1-2H3;3*1,3-4H2,2H3;. The second-order valence-corrected chi connectivity index (χ2v) is 21.2. The van der Waals surface area contributed by atoms with E-state index in [0.717, 1.165) is 12.0 Å². The molecule has 0 aromatic rings. The Bertz CT molecular complexity index is 443. The van der Waals surface area contributed by atoms with Crippen molar-refractivity contribution in [2.45, 2.75) is 106 Å². The van der Waals surface area contributed by atoms with Gasteiger partial charge in [0.1, 0.15) is 0 Å². The van der Waals surface area contributed by atoms with Crippen LogP contribution in [0.15, 0.2) is 9.16 Å². The maximum atomic E-state index is 12.7. The van der Waals surface area contributed by atoms with Crippen molar-refractivity contribution in [3.63, 3.8) is 0 Å². The Kier molecular flexibility index (Phi) is 15.2. The number of nitrogens with zero attached hydrogens (tertiary/aromatic N) is 1. The van der Waals surface area contributed by atoms with Gasteiger partial charge >= 0.3 is 167 Å². The molecule has 0 bridgehead atoms. The van der Waals surface area contributed by atoms with Gasteiger partial charge in [0.2, 0.25) is 0 Å². The van der Waals surface area contributed by atoms with E-state index in [-0.39, 0.29) is 5.97 Å². The van der Waals surface area contributed by atoms with E-state index in [0.29, 0.717) is 19.4 Å². The van der Waals surface area contributed by atoms with E-state index in [1.54, 1.807) is 0 Å². The molecular weight excluding hydrogens is 429 g/mol. The van der Waals surface area contributed by atoms with Crippen molar-refractivity contribution in [3.05, 3.63) is 9.16 Å². The summed E-state index contributed by atoms with van der Waals surface area (Å²) in [4.78, 5) is 12.7. The Morgan fingerprint density at radius 3 is 1.81 bits per heavy atom. The summed E-state index contributed by atoms with van der Waals surface area (Å²) in [5.74, 6) is -0.117. The number of ether oxygens (including phenoxy) is 1. The van der Waals surface area contributed by atoms with Gasteiger partial charge in [-0.3, -0.25) is 0 Å². The van der Waals surface area contributed by atoms with Gasteiger partial charge in [-0.1, -0.05) is 0 Å². The summed E-state index contributed by atoms with van der Waals surface area (Å²) in [6, 6.07) is 2.22. The Labute approximate surface area is 166 Å². The molecule has 0 amide bonds. The molecule has 0 atom stereocenters. The monoisotopic (exact) mass is 471 g/mol. The van der Waals surface area contributed by atoms with E-state index < -0.39 is 18.4 Å². The molecule has 0 spiro atoms. The summed E-state index contributed by atoms with van der Waals surface area (Å²) in [6.45, 7) is 11.4. The molecule has 0 heterocycles. The third-order valence-corrected chi connectivity index (χ3v) is 22.1. The molecule has 26 heavy (non-hydrogen) atoms. The zero-order valence-electron chi connectivity index (χ0n) is 18.0. The van der Waals surface area contributed by atoms with Crippen molar-refractivity contribution in [2.75, 3.05) is 6.61 Å². The number of carbonyl (C=O) groups is 1. The fourth-order valence-electron chi connectivity index (χ4n) is 3.81. The summed E-state index contributed by atoms with van der Waals surface area (Å²) in [5, 5.41) is 8.90. The number of unbranched alkanes of at least 4 members (excludes halogenated alkanes) is 4. The van der Waals surface area contributed by atoms with Gasteiger partial charge in [0.15, 0.2) is 0 Å². The summed E-state index contributed by atoms with van der Waals surface area (Å²) in [5.41, 5.74) is 0.932. The van der Waals surface area contributed by atoms with Gasteiger partial charge in [-0.25, -0.2) is 0 Å². The van der Waals surface area contributed by atoms with Crippen molar-refractivity contribution < 1.29 is 9.53 Å². The Morgan fingerprint density at radius 1 is 0.923 bits per heavy atom. The number of carbonyl (C=O) groups excluding carboxylic acids is 1. The van der Waals surface area contributed by atoms with Crippen LogP contribution < -0.4 is 0 Å². The Morgan fingerprint density at radius 2 is 1.42 bits per heavy atom. The van der Waals surface area contributed by atoms with Crippen LogP contribution in [-0.4, -0.2) is 31.0 Å². The van der Waals surface area contributed by atoms with Crippen LogP contribution in [0.25, 0.3) is 0 Å². The van der Waals surface area contributed by atoms with Crippen LogP contribution in [-0.2, 0) is 9.53 Å². The number of hydrogen-bond donors (Lipinski definition) is 0. The Balaban J connectivity index is 5.93. The van der Waals surface area contributed by atoms with Gasteiger partial charge in [0.25, 0.3) is 0 Å². The number of esters is 1. The second kappa shape index (κ2) is 15.5. The van der Waals surface area contributed by atoms with E-state index in [1.165, 1.54) is 55.4 Å². The minimum absolute atomic E-state index is 0.117. The molecule has 0 aromatic carbocycles. The normalized spacial score (nSPS) is 12.5. The molecular formula is C22H41NO2Sn. The minimum atomic E-state index is -2.60. The first-order valence-corrected chi connectivity index (χ1v) is 18.2. The molecule has 0 saturated carbocycles. The molecule has 0 aromatic heterocycles. The first-order valence-electron chi connectivity index (χ1n) is 10.8. The quantitative estimate of drug-likeness (QED) is 0.113. The summed E-state index contributed by atoms with van der Waals surface area (Å²) < 4.78 is 10.9. The van der Waals surface area contributed by atoms with Crippen LogP contribution in [0.3, 0.4) is 0 Å². The zero-order valence-corrected chi connectivity index (χ0v) is 20.8.